The van der Waals surface area contributed by atoms with Crippen LogP contribution in [-0.2, 0) is 4.79 Å². The van der Waals surface area contributed by atoms with Crippen LogP contribution in [0, 0.1) is 0 Å². The number of allylic oxidation sites excluding steroid dienone is 5. The quantitative estimate of drug-likeness (QED) is 0.516. The normalized spacial score (nSPS) is 12.6. The lowest BCUT2D eigenvalue weighted by molar-refractivity contribution is -0.121. The highest BCUT2D eigenvalue weighted by Gasteiger charge is 2.00. The first-order chi connectivity index (χ1) is 6.74. The van der Waals surface area contributed by atoms with Crippen molar-refractivity contribution in [2.45, 2.75) is 20.3 Å². The second kappa shape index (κ2) is 8.26. The average molecular weight is 194 g/mol. The number of hydrogen-bond donors (Lipinski definition) is 2. The fourth-order valence-corrected chi connectivity index (χ4v) is 0.976. The van der Waals surface area contributed by atoms with Gasteiger partial charge in [-0.3, -0.25) is 10.2 Å². The molecule has 0 rings (SSSR count). The Balaban J connectivity index is 4.30. The summed E-state index contributed by atoms with van der Waals surface area (Å²) in [5.41, 5.74) is 6.11. The lowest BCUT2D eigenvalue weighted by Gasteiger charge is -2.02. The maximum atomic E-state index is 11.2. The van der Waals surface area contributed by atoms with Gasteiger partial charge in [0.15, 0.2) is 0 Å². The molecule has 0 saturated heterocycles. The van der Waals surface area contributed by atoms with Crippen LogP contribution >= 0.6 is 0 Å². The monoisotopic (exact) mass is 194 g/mol. The minimum atomic E-state index is -0.0404. The van der Waals surface area contributed by atoms with Gasteiger partial charge in [-0.25, -0.2) is 5.43 Å². The zero-order valence-corrected chi connectivity index (χ0v) is 9.00. The van der Waals surface area contributed by atoms with E-state index in [4.69, 9.17) is 0 Å². The molecule has 0 spiro atoms. The van der Waals surface area contributed by atoms with Gasteiger partial charge in [0.05, 0.1) is 6.42 Å². The topological polar surface area (TPSA) is 41.1 Å². The van der Waals surface area contributed by atoms with Gasteiger partial charge >= 0.3 is 0 Å². The molecule has 3 heteroatoms. The van der Waals surface area contributed by atoms with Crippen LogP contribution in [0.25, 0.3) is 0 Å². The lowest BCUT2D eigenvalue weighted by atomic mass is 10.1. The molecule has 78 valence electrons. The van der Waals surface area contributed by atoms with Crippen LogP contribution in [0.5, 0.6) is 0 Å². The van der Waals surface area contributed by atoms with Crippen molar-refractivity contribution in [2.24, 2.45) is 0 Å². The third-order valence-electron chi connectivity index (χ3n) is 1.51. The predicted octanol–water partition coefficient (Wildman–Crippen LogP) is 1.71. The van der Waals surface area contributed by atoms with Gasteiger partial charge in [-0.15, -0.1) is 0 Å². The SMILES string of the molecule is C\C=C/C=C(\C=C/C)CC(=O)NNC. The van der Waals surface area contributed by atoms with Crippen molar-refractivity contribution < 1.29 is 4.79 Å². The maximum absolute atomic E-state index is 11.2. The van der Waals surface area contributed by atoms with Crippen LogP contribution < -0.4 is 10.9 Å². The smallest absolute Gasteiger partial charge is 0.238 e. The molecule has 0 aromatic carbocycles. The van der Waals surface area contributed by atoms with E-state index in [1.54, 1.807) is 7.05 Å². The van der Waals surface area contributed by atoms with Crippen molar-refractivity contribution in [3.63, 3.8) is 0 Å². The van der Waals surface area contributed by atoms with Gasteiger partial charge in [0, 0.05) is 7.05 Å². The molecule has 0 aliphatic heterocycles. The molecule has 0 aromatic heterocycles. The summed E-state index contributed by atoms with van der Waals surface area (Å²) in [5.74, 6) is -0.0404. The summed E-state index contributed by atoms with van der Waals surface area (Å²) in [6.45, 7) is 3.87. The first-order valence-corrected chi connectivity index (χ1v) is 4.64. The van der Waals surface area contributed by atoms with E-state index in [1.165, 1.54) is 0 Å². The zero-order chi connectivity index (χ0) is 10.8. The van der Waals surface area contributed by atoms with Gasteiger partial charge in [0.2, 0.25) is 5.91 Å². The molecule has 2 N–H and O–H groups in total. The summed E-state index contributed by atoms with van der Waals surface area (Å²) in [5, 5.41) is 0. The van der Waals surface area contributed by atoms with E-state index >= 15 is 0 Å². The molecule has 0 heterocycles. The van der Waals surface area contributed by atoms with Crippen LogP contribution in [0.1, 0.15) is 20.3 Å². The van der Waals surface area contributed by atoms with Crippen LogP contribution in [0.4, 0.5) is 0 Å². The van der Waals surface area contributed by atoms with E-state index in [1.807, 2.05) is 44.2 Å². The molecule has 0 bridgehead atoms. The molecule has 0 saturated carbocycles. The Hall–Kier alpha value is -1.35. The van der Waals surface area contributed by atoms with E-state index in [2.05, 4.69) is 10.9 Å². The largest absolute Gasteiger partial charge is 0.292 e. The summed E-state index contributed by atoms with van der Waals surface area (Å²) in [7, 11) is 1.67. The summed E-state index contributed by atoms with van der Waals surface area (Å²) in [6, 6.07) is 0. The van der Waals surface area contributed by atoms with Crippen molar-refractivity contribution in [1.29, 1.82) is 0 Å². The molecular weight excluding hydrogens is 176 g/mol. The summed E-state index contributed by atoms with van der Waals surface area (Å²) < 4.78 is 0. The Labute approximate surface area is 85.6 Å². The molecule has 0 radical (unpaired) electrons. The fraction of sp³-hybridized carbons (Fsp3) is 0.364. The van der Waals surface area contributed by atoms with Gasteiger partial charge in [-0.1, -0.05) is 30.4 Å². The second-order valence-electron chi connectivity index (χ2n) is 2.74. The Morgan fingerprint density at radius 3 is 2.50 bits per heavy atom. The van der Waals surface area contributed by atoms with Crippen LogP contribution in [-0.4, -0.2) is 13.0 Å². The van der Waals surface area contributed by atoms with E-state index in [9.17, 15) is 4.79 Å². The van der Waals surface area contributed by atoms with Crippen LogP contribution in [0.3, 0.4) is 0 Å². The Morgan fingerprint density at radius 1 is 1.29 bits per heavy atom. The highest BCUT2D eigenvalue weighted by molar-refractivity contribution is 5.78. The van der Waals surface area contributed by atoms with E-state index in [-0.39, 0.29) is 5.91 Å². The molecule has 14 heavy (non-hydrogen) atoms. The van der Waals surface area contributed by atoms with Gasteiger partial charge in [-0.2, -0.15) is 0 Å². The molecule has 0 aliphatic carbocycles. The molecule has 0 unspecified atom stereocenters. The molecular formula is C11H18N2O. The number of hydrazine groups is 1. The minimum absolute atomic E-state index is 0.0404. The highest BCUT2D eigenvalue weighted by atomic mass is 16.2. The Kier molecular flexibility index (Phi) is 7.46. The van der Waals surface area contributed by atoms with Gasteiger partial charge in [0.25, 0.3) is 0 Å². The zero-order valence-electron chi connectivity index (χ0n) is 9.00. The van der Waals surface area contributed by atoms with Crippen LogP contribution in [0.15, 0.2) is 36.0 Å². The van der Waals surface area contributed by atoms with Gasteiger partial charge in [0.1, 0.15) is 0 Å². The Morgan fingerprint density at radius 2 is 2.00 bits per heavy atom. The molecule has 0 atom stereocenters. The molecule has 0 aromatic rings. The summed E-state index contributed by atoms with van der Waals surface area (Å²) in [6.07, 6.45) is 10.0. The summed E-state index contributed by atoms with van der Waals surface area (Å²) >= 11 is 0. The molecule has 1 amide bonds. The molecule has 3 nitrogen and oxygen atoms in total. The number of amides is 1. The van der Waals surface area contributed by atoms with Crippen molar-refractivity contribution >= 4 is 5.91 Å². The average Bonchev–Trinajstić information content (AvgIpc) is 2.15. The minimum Gasteiger partial charge on any atom is -0.292 e. The molecule has 0 fully saturated rings. The standard InChI is InChI=1S/C11H18N2O/c1-4-6-8-10(7-5-2)9-11(14)13-12-3/h4-8,12H,9H2,1-3H3,(H,13,14)/b6-4-,7-5-,10-8+. The highest BCUT2D eigenvalue weighted by Crippen LogP contribution is 2.03. The van der Waals surface area contributed by atoms with Crippen LogP contribution in [0.2, 0.25) is 0 Å². The van der Waals surface area contributed by atoms with Gasteiger partial charge < -0.3 is 0 Å². The predicted molar refractivity (Wildman–Crippen MR) is 59.5 cm³/mol. The number of rotatable bonds is 5. The van der Waals surface area contributed by atoms with E-state index < -0.39 is 0 Å². The Bertz CT molecular complexity index is 252. The number of nitrogens with one attached hydrogen (secondary N) is 2. The van der Waals surface area contributed by atoms with E-state index in [0.29, 0.717) is 6.42 Å². The first-order valence-electron chi connectivity index (χ1n) is 4.64. The number of hydrogen-bond acceptors (Lipinski definition) is 2. The first kappa shape index (κ1) is 12.7. The van der Waals surface area contributed by atoms with Crippen molar-refractivity contribution in [2.75, 3.05) is 7.05 Å². The van der Waals surface area contributed by atoms with Crippen molar-refractivity contribution in [1.82, 2.24) is 10.9 Å². The maximum Gasteiger partial charge on any atom is 0.238 e. The second-order valence-corrected chi connectivity index (χ2v) is 2.74. The fourth-order valence-electron chi connectivity index (χ4n) is 0.976. The van der Waals surface area contributed by atoms with Crippen molar-refractivity contribution in [3.05, 3.63) is 36.0 Å². The summed E-state index contributed by atoms with van der Waals surface area (Å²) in [4.78, 5) is 11.2. The third-order valence-corrected chi connectivity index (χ3v) is 1.51. The number of carbonyl (C=O) groups excluding carboxylic acids is 1. The number of carbonyl (C=O) groups is 1. The lowest BCUT2D eigenvalue weighted by Crippen LogP contribution is -2.34. The third kappa shape index (κ3) is 6.20. The van der Waals surface area contributed by atoms with Gasteiger partial charge in [-0.05, 0) is 19.4 Å². The molecule has 0 aliphatic rings. The van der Waals surface area contributed by atoms with Crippen molar-refractivity contribution in [3.8, 4) is 0 Å². The van der Waals surface area contributed by atoms with E-state index in [0.717, 1.165) is 5.57 Å².